The molecule has 6 heteroatoms. The van der Waals surface area contributed by atoms with Crippen molar-refractivity contribution in [3.05, 3.63) is 29.8 Å². The van der Waals surface area contributed by atoms with E-state index in [2.05, 4.69) is 10.6 Å². The first-order valence-electron chi connectivity index (χ1n) is 7.47. The van der Waals surface area contributed by atoms with Crippen LogP contribution in [0.1, 0.15) is 24.8 Å². The second kappa shape index (κ2) is 7.79. The van der Waals surface area contributed by atoms with E-state index < -0.39 is 11.8 Å². The number of aliphatic hydroxyl groups excluding tert-OH is 1. The van der Waals surface area contributed by atoms with Gasteiger partial charge in [-0.3, -0.25) is 9.59 Å². The molecule has 0 aliphatic heterocycles. The second-order valence-corrected chi connectivity index (χ2v) is 5.44. The number of hydrogen-bond donors (Lipinski definition) is 3. The number of carbonyl (C=O) groups excluding carboxylic acids is 2. The van der Waals surface area contributed by atoms with Crippen molar-refractivity contribution in [3.8, 4) is 5.75 Å². The summed E-state index contributed by atoms with van der Waals surface area (Å²) in [5.74, 6) is -0.336. The molecule has 22 heavy (non-hydrogen) atoms. The van der Waals surface area contributed by atoms with Gasteiger partial charge < -0.3 is 20.5 Å². The lowest BCUT2D eigenvalue weighted by atomic mass is 10.1. The average Bonchev–Trinajstić information content (AvgIpc) is 3.37. The number of carbonyl (C=O) groups is 2. The second-order valence-electron chi connectivity index (χ2n) is 5.44. The number of para-hydroxylation sites is 1. The molecular formula is C16H22N2O4. The molecule has 1 aliphatic carbocycles. The van der Waals surface area contributed by atoms with E-state index in [9.17, 15) is 14.7 Å². The van der Waals surface area contributed by atoms with E-state index in [1.165, 1.54) is 0 Å². The van der Waals surface area contributed by atoms with Crippen molar-refractivity contribution in [1.29, 1.82) is 0 Å². The van der Waals surface area contributed by atoms with Gasteiger partial charge in [0.1, 0.15) is 5.75 Å². The van der Waals surface area contributed by atoms with Crippen LogP contribution < -0.4 is 15.4 Å². The van der Waals surface area contributed by atoms with Crippen molar-refractivity contribution in [2.45, 2.75) is 31.9 Å². The largest absolute Gasteiger partial charge is 0.496 e. The van der Waals surface area contributed by atoms with Crippen molar-refractivity contribution >= 4 is 11.8 Å². The van der Waals surface area contributed by atoms with Crippen LogP contribution in [0.2, 0.25) is 0 Å². The molecule has 0 radical (unpaired) electrons. The van der Waals surface area contributed by atoms with Gasteiger partial charge in [0.15, 0.2) is 0 Å². The van der Waals surface area contributed by atoms with Crippen LogP contribution in [-0.4, -0.2) is 36.7 Å². The fourth-order valence-electron chi connectivity index (χ4n) is 2.24. The first-order chi connectivity index (χ1) is 10.6. The summed E-state index contributed by atoms with van der Waals surface area (Å²) in [6, 6.07) is 7.29. The Labute approximate surface area is 129 Å². The van der Waals surface area contributed by atoms with E-state index in [1.54, 1.807) is 13.2 Å². The fraction of sp³-hybridized carbons (Fsp3) is 0.500. The third-order valence-corrected chi connectivity index (χ3v) is 3.73. The molecule has 0 saturated heterocycles. The summed E-state index contributed by atoms with van der Waals surface area (Å²) in [6.45, 7) is 0.527. The summed E-state index contributed by atoms with van der Waals surface area (Å²) < 4.78 is 5.18. The maximum Gasteiger partial charge on any atom is 0.309 e. The summed E-state index contributed by atoms with van der Waals surface area (Å²) in [7, 11) is 1.55. The SMILES string of the molecule is COc1ccccc1CNC(=O)C(=O)NCCC(O)C1CC1. The summed E-state index contributed by atoms with van der Waals surface area (Å²) in [5.41, 5.74) is 0.801. The molecule has 0 bridgehead atoms. The number of nitrogens with one attached hydrogen (secondary N) is 2. The van der Waals surface area contributed by atoms with E-state index in [-0.39, 0.29) is 12.6 Å². The fourth-order valence-corrected chi connectivity index (χ4v) is 2.24. The highest BCUT2D eigenvalue weighted by molar-refractivity contribution is 6.35. The summed E-state index contributed by atoms with van der Waals surface area (Å²) in [5, 5.41) is 14.8. The highest BCUT2D eigenvalue weighted by Crippen LogP contribution is 2.33. The number of rotatable bonds is 7. The van der Waals surface area contributed by atoms with Gasteiger partial charge in [0, 0.05) is 18.7 Å². The molecular weight excluding hydrogens is 284 g/mol. The summed E-state index contributed by atoms with van der Waals surface area (Å²) >= 11 is 0. The molecule has 120 valence electrons. The van der Waals surface area contributed by atoms with Crippen molar-refractivity contribution in [2.75, 3.05) is 13.7 Å². The van der Waals surface area contributed by atoms with Gasteiger partial charge >= 0.3 is 11.8 Å². The van der Waals surface area contributed by atoms with Gasteiger partial charge in [0.25, 0.3) is 0 Å². The predicted molar refractivity (Wildman–Crippen MR) is 81.2 cm³/mol. The van der Waals surface area contributed by atoms with E-state index in [4.69, 9.17) is 4.74 Å². The Balaban J connectivity index is 1.70. The molecule has 1 saturated carbocycles. The maximum atomic E-state index is 11.7. The first-order valence-corrected chi connectivity index (χ1v) is 7.47. The third kappa shape index (κ3) is 4.73. The Morgan fingerprint density at radius 2 is 1.95 bits per heavy atom. The number of ether oxygens (including phenoxy) is 1. The van der Waals surface area contributed by atoms with Crippen molar-refractivity contribution in [1.82, 2.24) is 10.6 Å². The van der Waals surface area contributed by atoms with Crippen LogP contribution in [0.5, 0.6) is 5.75 Å². The minimum atomic E-state index is -0.688. The lowest BCUT2D eigenvalue weighted by molar-refractivity contribution is -0.139. The zero-order chi connectivity index (χ0) is 15.9. The third-order valence-electron chi connectivity index (χ3n) is 3.73. The van der Waals surface area contributed by atoms with Crippen LogP contribution >= 0.6 is 0 Å². The lowest BCUT2D eigenvalue weighted by Crippen LogP contribution is -2.40. The number of benzene rings is 1. The molecule has 0 spiro atoms. The molecule has 1 aromatic carbocycles. The molecule has 0 heterocycles. The summed E-state index contributed by atoms with van der Waals surface area (Å²) in [4.78, 5) is 23.4. The normalized spacial score (nSPS) is 15.0. The molecule has 1 atom stereocenters. The molecule has 1 fully saturated rings. The Kier molecular flexibility index (Phi) is 5.77. The molecule has 2 amide bonds. The van der Waals surface area contributed by atoms with Crippen LogP contribution in [0.4, 0.5) is 0 Å². The number of methoxy groups -OCH3 is 1. The molecule has 1 aromatic rings. The van der Waals surface area contributed by atoms with E-state index in [0.717, 1.165) is 18.4 Å². The van der Waals surface area contributed by atoms with E-state index in [1.807, 2.05) is 18.2 Å². The van der Waals surface area contributed by atoms with Crippen molar-refractivity contribution in [3.63, 3.8) is 0 Å². The van der Waals surface area contributed by atoms with Gasteiger partial charge in [-0.1, -0.05) is 18.2 Å². The molecule has 2 rings (SSSR count). The van der Waals surface area contributed by atoms with Crippen molar-refractivity contribution < 1.29 is 19.4 Å². The van der Waals surface area contributed by atoms with Gasteiger partial charge in [0.2, 0.25) is 0 Å². The molecule has 3 N–H and O–H groups in total. The van der Waals surface area contributed by atoms with Crippen LogP contribution in [0.3, 0.4) is 0 Å². The number of aliphatic hydroxyl groups is 1. The van der Waals surface area contributed by atoms with Crippen LogP contribution in [0.25, 0.3) is 0 Å². The van der Waals surface area contributed by atoms with Gasteiger partial charge in [0.05, 0.1) is 13.2 Å². The maximum absolute atomic E-state index is 11.7. The van der Waals surface area contributed by atoms with E-state index in [0.29, 0.717) is 24.6 Å². The first kappa shape index (κ1) is 16.3. The zero-order valence-electron chi connectivity index (χ0n) is 12.7. The van der Waals surface area contributed by atoms with Gasteiger partial charge in [-0.15, -0.1) is 0 Å². The zero-order valence-corrected chi connectivity index (χ0v) is 12.7. The topological polar surface area (TPSA) is 87.7 Å². The van der Waals surface area contributed by atoms with Gasteiger partial charge in [-0.2, -0.15) is 0 Å². The van der Waals surface area contributed by atoms with E-state index >= 15 is 0 Å². The molecule has 6 nitrogen and oxygen atoms in total. The molecule has 0 aromatic heterocycles. The molecule has 1 unspecified atom stereocenters. The Morgan fingerprint density at radius 3 is 2.64 bits per heavy atom. The van der Waals surface area contributed by atoms with Crippen LogP contribution in [-0.2, 0) is 16.1 Å². The number of amides is 2. The predicted octanol–water partition coefficient (Wildman–Crippen LogP) is 0.589. The van der Waals surface area contributed by atoms with Crippen LogP contribution in [0, 0.1) is 5.92 Å². The highest BCUT2D eigenvalue weighted by atomic mass is 16.5. The smallest absolute Gasteiger partial charge is 0.309 e. The Hall–Kier alpha value is -2.08. The average molecular weight is 306 g/mol. The minimum absolute atomic E-state index is 0.223. The monoisotopic (exact) mass is 306 g/mol. The molecule has 1 aliphatic rings. The Bertz CT molecular complexity index is 529. The van der Waals surface area contributed by atoms with Gasteiger partial charge in [-0.05, 0) is 31.2 Å². The lowest BCUT2D eigenvalue weighted by Gasteiger charge is -2.11. The van der Waals surface area contributed by atoms with Crippen LogP contribution in [0.15, 0.2) is 24.3 Å². The van der Waals surface area contributed by atoms with Crippen molar-refractivity contribution in [2.24, 2.45) is 5.92 Å². The standard InChI is InChI=1S/C16H22N2O4/c1-22-14-5-3-2-4-12(14)10-18-16(21)15(20)17-9-8-13(19)11-6-7-11/h2-5,11,13,19H,6-10H2,1H3,(H,17,20)(H,18,21). The quantitative estimate of drug-likeness (QED) is 0.643. The number of hydrogen-bond acceptors (Lipinski definition) is 4. The minimum Gasteiger partial charge on any atom is -0.496 e. The summed E-state index contributed by atoms with van der Waals surface area (Å²) in [6.07, 6.45) is 2.20. The van der Waals surface area contributed by atoms with Gasteiger partial charge in [-0.25, -0.2) is 0 Å². The highest BCUT2D eigenvalue weighted by Gasteiger charge is 2.29. The Morgan fingerprint density at radius 1 is 1.27 bits per heavy atom.